The molecule has 0 radical (unpaired) electrons. The van der Waals surface area contributed by atoms with E-state index in [-0.39, 0.29) is 36.6 Å². The number of hydrogen-bond donors (Lipinski definition) is 9. The van der Waals surface area contributed by atoms with Crippen molar-refractivity contribution in [1.82, 2.24) is 0 Å². The van der Waals surface area contributed by atoms with E-state index in [1.54, 1.807) is 0 Å². The normalized spacial score (nSPS) is 12.1. The summed E-state index contributed by atoms with van der Waals surface area (Å²) in [4.78, 5) is 59.7. The first-order valence-electron chi connectivity index (χ1n) is 6.91. The van der Waals surface area contributed by atoms with Gasteiger partial charge >= 0.3 is 17.9 Å². The zero-order valence-corrected chi connectivity index (χ0v) is 15.8. The van der Waals surface area contributed by atoms with Gasteiger partial charge in [0.1, 0.15) is 18.1 Å². The molecule has 0 bridgehead atoms. The Morgan fingerprint density at radius 3 is 0.714 bits per heavy atom. The van der Waals surface area contributed by atoms with Gasteiger partial charge in [0.25, 0.3) is 0 Å². The molecule has 15 N–H and O–H groups in total. The molecule has 0 saturated heterocycles. The van der Waals surface area contributed by atoms with E-state index in [4.69, 9.17) is 32.5 Å². The molecule has 16 heteroatoms. The Morgan fingerprint density at radius 2 is 0.679 bits per heavy atom. The zero-order chi connectivity index (χ0) is 22.3. The summed E-state index contributed by atoms with van der Waals surface area (Å²) in [6, 6.07) is -3.49. The number of amides is 3. The van der Waals surface area contributed by atoms with Crippen LogP contribution in [0.3, 0.4) is 0 Å². The van der Waals surface area contributed by atoms with Crippen LogP contribution in [-0.4, -0.2) is 69.1 Å². The Hall–Kier alpha value is -2.77. The summed E-state index contributed by atoms with van der Waals surface area (Å²) in [6.45, 7) is 0. The largest absolute Gasteiger partial charge is 0.480 e. The molecule has 0 heterocycles. The Bertz CT molecular complexity index is 484. The van der Waals surface area contributed by atoms with Crippen molar-refractivity contribution in [3.63, 3.8) is 0 Å². The second-order valence-corrected chi connectivity index (χ2v) is 4.85. The molecular weight excluding hydrogens is 424 g/mol. The van der Waals surface area contributed by atoms with E-state index in [0.29, 0.717) is 0 Å². The van der Waals surface area contributed by atoms with Crippen LogP contribution in [0.4, 0.5) is 0 Å². The average molecular weight is 448 g/mol. The third-order valence-corrected chi connectivity index (χ3v) is 2.21. The van der Waals surface area contributed by atoms with Gasteiger partial charge in [-0.05, 0) is 0 Å². The fourth-order valence-corrected chi connectivity index (χ4v) is 0.912. The van der Waals surface area contributed by atoms with Crippen LogP contribution in [0.25, 0.3) is 0 Å². The third-order valence-electron chi connectivity index (χ3n) is 2.21. The molecule has 0 aliphatic carbocycles. The predicted molar refractivity (Wildman–Crippen MR) is 88.3 cm³/mol. The quantitative estimate of drug-likeness (QED) is 0.160. The fraction of sp³-hybridized carbons (Fsp3) is 0.500. The number of hydrogen-bond acceptors (Lipinski definition) is 9. The summed E-state index contributed by atoms with van der Waals surface area (Å²) in [5, 5.41) is 24.3. The number of rotatable bonds is 9. The number of aliphatic carboxylic acids is 3. The Labute approximate surface area is 169 Å². The Morgan fingerprint density at radius 1 is 0.536 bits per heavy atom. The van der Waals surface area contributed by atoms with Gasteiger partial charge in [-0.1, -0.05) is 0 Å². The number of carbonyl (C=O) groups excluding carboxylic acids is 3. The molecule has 3 amide bonds. The van der Waals surface area contributed by atoms with Gasteiger partial charge in [0, 0.05) is 17.4 Å². The van der Waals surface area contributed by atoms with E-state index in [0.717, 1.165) is 0 Å². The topological polar surface area (TPSA) is 319 Å². The van der Waals surface area contributed by atoms with E-state index in [2.05, 4.69) is 17.2 Å². The first kappa shape index (κ1) is 32.9. The van der Waals surface area contributed by atoms with Crippen LogP contribution in [0, 0.1) is 0 Å². The van der Waals surface area contributed by atoms with Gasteiger partial charge < -0.3 is 49.7 Å². The van der Waals surface area contributed by atoms with Crippen molar-refractivity contribution in [2.45, 2.75) is 37.4 Å². The summed E-state index contributed by atoms with van der Waals surface area (Å²) in [6.07, 6.45) is -0.931. The fourth-order valence-electron chi connectivity index (χ4n) is 0.912. The Balaban J connectivity index is -0.000000152. The predicted octanol–water partition coefficient (Wildman–Crippen LogP) is -5.18. The zero-order valence-electron chi connectivity index (χ0n) is 14.5. The summed E-state index contributed by atoms with van der Waals surface area (Å²) in [7, 11) is 0. The molecule has 0 aliphatic heterocycles. The van der Waals surface area contributed by atoms with Gasteiger partial charge in [0.2, 0.25) is 17.7 Å². The van der Waals surface area contributed by atoms with Crippen LogP contribution in [0.15, 0.2) is 0 Å². The van der Waals surface area contributed by atoms with Crippen LogP contribution in [0.1, 0.15) is 19.3 Å². The molecule has 0 spiro atoms. The van der Waals surface area contributed by atoms with E-state index < -0.39 is 53.8 Å². The minimum atomic E-state index is -1.21. The first-order valence-corrected chi connectivity index (χ1v) is 6.91. The first-order chi connectivity index (χ1) is 12.1. The van der Waals surface area contributed by atoms with E-state index in [1.807, 2.05) is 0 Å². The van der Waals surface area contributed by atoms with Crippen molar-refractivity contribution in [1.29, 1.82) is 0 Å². The standard InChI is InChI=1S/3C4H8N2O3.Cr/c3*5-2(4(8)9)1-3(6)7;/h3*2H,1,5H2,(H2,6,7)(H,8,9);/t3*2-;/m000./s1. The average Bonchev–Trinajstić information content (AvgIpc) is 2.46. The van der Waals surface area contributed by atoms with Crippen LogP contribution in [0.2, 0.25) is 0 Å². The molecule has 0 unspecified atom stereocenters. The SMILES string of the molecule is NC(=O)C[C@H](N)C(=O)O.NC(=O)C[C@H](N)C(=O)O.NC(=O)C[C@H](N)C(=O)O.[Cr]. The van der Waals surface area contributed by atoms with Crippen LogP contribution < -0.4 is 34.4 Å². The second kappa shape index (κ2) is 17.6. The number of carboxylic acid groups (broad SMARTS) is 3. The van der Waals surface area contributed by atoms with Crippen molar-refractivity contribution in [3.05, 3.63) is 0 Å². The van der Waals surface area contributed by atoms with Crippen LogP contribution in [-0.2, 0) is 46.1 Å². The molecule has 0 saturated carbocycles. The van der Waals surface area contributed by atoms with E-state index in [9.17, 15) is 28.8 Å². The number of primary amides is 3. The maximum atomic E-state index is 9.99. The van der Waals surface area contributed by atoms with Crippen LogP contribution >= 0.6 is 0 Å². The van der Waals surface area contributed by atoms with Crippen molar-refractivity contribution >= 4 is 35.6 Å². The molecule has 0 aromatic rings. The minimum Gasteiger partial charge on any atom is -0.480 e. The molecule has 0 aliphatic rings. The molecule has 162 valence electrons. The van der Waals surface area contributed by atoms with Gasteiger partial charge in [-0.25, -0.2) is 0 Å². The molecule has 3 atom stereocenters. The van der Waals surface area contributed by atoms with E-state index in [1.165, 1.54) is 0 Å². The maximum absolute atomic E-state index is 9.99. The number of carboxylic acids is 3. The van der Waals surface area contributed by atoms with Gasteiger partial charge in [-0.15, -0.1) is 0 Å². The molecule has 0 rings (SSSR count). The molecule has 0 fully saturated rings. The monoisotopic (exact) mass is 448 g/mol. The number of carbonyl (C=O) groups is 6. The Kier molecular flexibility index (Phi) is 20.7. The molecule has 0 aromatic carbocycles. The van der Waals surface area contributed by atoms with Crippen molar-refractivity contribution < 1.29 is 61.4 Å². The van der Waals surface area contributed by atoms with Gasteiger partial charge in [-0.3, -0.25) is 28.8 Å². The van der Waals surface area contributed by atoms with Crippen LogP contribution in [0.5, 0.6) is 0 Å². The van der Waals surface area contributed by atoms with Crippen molar-refractivity contribution in [3.8, 4) is 0 Å². The maximum Gasteiger partial charge on any atom is 0.321 e. The summed E-state index contributed by atoms with van der Waals surface area (Å²) in [5.41, 5.74) is 28.7. The van der Waals surface area contributed by atoms with Gasteiger partial charge in [0.05, 0.1) is 19.3 Å². The summed E-state index contributed by atoms with van der Waals surface area (Å²) in [5.74, 6) is -5.75. The summed E-state index contributed by atoms with van der Waals surface area (Å²) < 4.78 is 0. The van der Waals surface area contributed by atoms with Crippen molar-refractivity contribution in [2.75, 3.05) is 0 Å². The van der Waals surface area contributed by atoms with Gasteiger partial charge in [0.15, 0.2) is 0 Å². The smallest absolute Gasteiger partial charge is 0.321 e. The van der Waals surface area contributed by atoms with Gasteiger partial charge in [-0.2, -0.15) is 0 Å². The molecule has 15 nitrogen and oxygen atoms in total. The van der Waals surface area contributed by atoms with E-state index >= 15 is 0 Å². The second-order valence-electron chi connectivity index (χ2n) is 4.85. The molecule has 0 aromatic heterocycles. The van der Waals surface area contributed by atoms with Crippen molar-refractivity contribution in [2.24, 2.45) is 34.4 Å². The molecular formula is C12H24CrN6O9. The molecule has 28 heavy (non-hydrogen) atoms. The number of nitrogens with two attached hydrogens (primary N) is 6. The third kappa shape index (κ3) is 25.5. The minimum absolute atomic E-state index is 0. The summed E-state index contributed by atoms with van der Waals surface area (Å²) >= 11 is 0.